The number of benzene rings is 2. The molecule has 1 fully saturated rings. The topological polar surface area (TPSA) is 102 Å². The average Bonchev–Trinajstić information content (AvgIpc) is 3.37. The molecule has 0 radical (unpaired) electrons. The molecule has 1 saturated heterocycles. The zero-order valence-electron chi connectivity index (χ0n) is 24.3. The summed E-state index contributed by atoms with van der Waals surface area (Å²) in [6, 6.07) is 10.3. The molecule has 2 heterocycles. The molecule has 224 valence electrons. The quantitative estimate of drug-likeness (QED) is 0.275. The van der Waals surface area contributed by atoms with Crippen LogP contribution in [0, 0.1) is 13.8 Å². The van der Waals surface area contributed by atoms with Gasteiger partial charge in [0.25, 0.3) is 5.91 Å². The monoisotopic (exact) mass is 604 g/mol. The molecule has 41 heavy (non-hydrogen) atoms. The van der Waals surface area contributed by atoms with Crippen molar-refractivity contribution < 1.29 is 27.4 Å². The molecule has 4 rings (SSSR count). The number of ether oxygens (including phenoxy) is 3. The van der Waals surface area contributed by atoms with Crippen molar-refractivity contribution in [2.24, 2.45) is 0 Å². The predicted molar refractivity (Wildman–Crippen MR) is 162 cm³/mol. The number of morpholine rings is 1. The Morgan fingerprint density at radius 1 is 1.00 bits per heavy atom. The minimum Gasteiger partial charge on any atom is -0.383 e. The summed E-state index contributed by atoms with van der Waals surface area (Å²) >= 11 is 1.50. The molecule has 1 aliphatic heterocycles. The number of carbonyl (C=O) groups excluding carboxylic acids is 1. The predicted octanol–water partition coefficient (Wildman–Crippen LogP) is 3.57. The van der Waals surface area contributed by atoms with Crippen molar-refractivity contribution in [3.63, 3.8) is 0 Å². The Morgan fingerprint density at radius 2 is 1.63 bits per heavy atom. The highest BCUT2D eigenvalue weighted by Crippen LogP contribution is 2.32. The molecule has 0 spiro atoms. The Bertz CT molecular complexity index is 1360. The standard InChI is InChI=1S/C29H40N4O6S2/c1-22-20-26-27(21-23(22)2)40-29(30-26)33(11-5-10-31-12-18-39-19-13-31)28(34)24-6-8-25(9-7-24)41(35,36)32(14-16-37-3)15-17-38-4/h6-9,20-21H,5,10-19H2,1-4H3. The van der Waals surface area contributed by atoms with Gasteiger partial charge in [0.2, 0.25) is 10.0 Å². The SMILES string of the molecule is COCCN(CCOC)S(=O)(=O)c1ccc(C(=O)N(CCCN2CCOCC2)c2nc3cc(C)c(C)cc3s2)cc1. The van der Waals surface area contributed by atoms with Crippen LogP contribution in [0.1, 0.15) is 27.9 Å². The fraction of sp³-hybridized carbons (Fsp3) is 0.517. The van der Waals surface area contributed by atoms with Crippen LogP contribution in [0.15, 0.2) is 41.3 Å². The Hall–Kier alpha value is -2.45. The zero-order valence-corrected chi connectivity index (χ0v) is 25.9. The molecular weight excluding hydrogens is 564 g/mol. The van der Waals surface area contributed by atoms with Crippen molar-refractivity contribution in [1.82, 2.24) is 14.2 Å². The molecule has 0 aliphatic carbocycles. The van der Waals surface area contributed by atoms with Gasteiger partial charge in [-0.2, -0.15) is 4.31 Å². The first-order valence-corrected chi connectivity index (χ1v) is 16.1. The first kappa shape index (κ1) is 31.5. The lowest BCUT2D eigenvalue weighted by Crippen LogP contribution is -2.39. The molecule has 1 aromatic heterocycles. The Kier molecular flexibility index (Phi) is 11.2. The van der Waals surface area contributed by atoms with Gasteiger partial charge < -0.3 is 14.2 Å². The number of rotatable bonds is 14. The van der Waals surface area contributed by atoms with Crippen LogP contribution in [0.4, 0.5) is 5.13 Å². The van der Waals surface area contributed by atoms with E-state index in [1.54, 1.807) is 17.0 Å². The van der Waals surface area contributed by atoms with Crippen molar-refractivity contribution in [1.29, 1.82) is 0 Å². The second kappa shape index (κ2) is 14.6. The van der Waals surface area contributed by atoms with Crippen LogP contribution >= 0.6 is 11.3 Å². The maximum Gasteiger partial charge on any atom is 0.260 e. The number of aryl methyl sites for hydroxylation is 2. The van der Waals surface area contributed by atoms with Crippen LogP contribution in [0.3, 0.4) is 0 Å². The largest absolute Gasteiger partial charge is 0.383 e. The van der Waals surface area contributed by atoms with Crippen LogP contribution in [0.5, 0.6) is 0 Å². The number of anilines is 1. The highest BCUT2D eigenvalue weighted by Gasteiger charge is 2.26. The van der Waals surface area contributed by atoms with E-state index in [1.807, 2.05) is 0 Å². The molecule has 1 aliphatic rings. The Labute approximate surface area is 246 Å². The number of carbonyl (C=O) groups is 1. The number of aromatic nitrogens is 1. The summed E-state index contributed by atoms with van der Waals surface area (Å²) in [6.07, 6.45) is 0.778. The molecular formula is C29H40N4O6S2. The zero-order chi connectivity index (χ0) is 29.4. The molecule has 10 nitrogen and oxygen atoms in total. The highest BCUT2D eigenvalue weighted by molar-refractivity contribution is 7.89. The van der Waals surface area contributed by atoms with Gasteiger partial charge in [-0.1, -0.05) is 11.3 Å². The minimum atomic E-state index is -3.79. The number of thiazole rings is 1. The summed E-state index contributed by atoms with van der Waals surface area (Å²) in [7, 11) is -0.731. The van der Waals surface area contributed by atoms with E-state index in [0.29, 0.717) is 17.2 Å². The third-order valence-corrected chi connectivity index (χ3v) is 10.2. The van der Waals surface area contributed by atoms with Gasteiger partial charge in [0.1, 0.15) is 0 Å². The molecule has 0 unspecified atom stereocenters. The summed E-state index contributed by atoms with van der Waals surface area (Å²) in [4.78, 5) is 22.9. The normalized spacial score (nSPS) is 14.7. The highest BCUT2D eigenvalue weighted by atomic mass is 32.2. The summed E-state index contributed by atoms with van der Waals surface area (Å²) in [6.45, 7) is 9.63. The van der Waals surface area contributed by atoms with E-state index in [2.05, 4.69) is 30.9 Å². The second-order valence-electron chi connectivity index (χ2n) is 10.1. The van der Waals surface area contributed by atoms with E-state index in [1.165, 1.54) is 47.6 Å². The fourth-order valence-corrected chi connectivity index (χ4v) is 7.14. The lowest BCUT2D eigenvalue weighted by molar-refractivity contribution is 0.0376. The van der Waals surface area contributed by atoms with Gasteiger partial charge in [-0.3, -0.25) is 14.6 Å². The smallest absolute Gasteiger partial charge is 0.260 e. The van der Waals surface area contributed by atoms with E-state index in [0.717, 1.165) is 55.0 Å². The van der Waals surface area contributed by atoms with E-state index >= 15 is 0 Å². The van der Waals surface area contributed by atoms with Gasteiger partial charge in [-0.25, -0.2) is 13.4 Å². The van der Waals surface area contributed by atoms with Gasteiger partial charge in [0, 0.05) is 59.1 Å². The number of hydrogen-bond donors (Lipinski definition) is 0. The van der Waals surface area contributed by atoms with Gasteiger partial charge in [-0.05, 0) is 67.8 Å². The van der Waals surface area contributed by atoms with E-state index in [4.69, 9.17) is 19.2 Å². The third-order valence-electron chi connectivity index (χ3n) is 7.26. The Morgan fingerprint density at radius 3 is 2.27 bits per heavy atom. The maximum absolute atomic E-state index is 13.9. The van der Waals surface area contributed by atoms with E-state index < -0.39 is 10.0 Å². The number of sulfonamides is 1. The summed E-state index contributed by atoms with van der Waals surface area (Å²) < 4.78 is 44.7. The first-order valence-electron chi connectivity index (χ1n) is 13.8. The molecule has 1 amide bonds. The summed E-state index contributed by atoms with van der Waals surface area (Å²) in [5, 5.41) is 0.638. The maximum atomic E-state index is 13.9. The lowest BCUT2D eigenvalue weighted by atomic mass is 10.1. The van der Waals surface area contributed by atoms with Crippen molar-refractivity contribution in [3.8, 4) is 0 Å². The first-order chi connectivity index (χ1) is 19.7. The van der Waals surface area contributed by atoms with Crippen LogP contribution < -0.4 is 4.90 Å². The molecule has 0 bridgehead atoms. The molecule has 12 heteroatoms. The second-order valence-corrected chi connectivity index (χ2v) is 13.0. The average molecular weight is 605 g/mol. The lowest BCUT2D eigenvalue weighted by Gasteiger charge is -2.27. The summed E-state index contributed by atoms with van der Waals surface area (Å²) in [5.74, 6) is -0.209. The van der Waals surface area contributed by atoms with Crippen molar-refractivity contribution >= 4 is 42.6 Å². The van der Waals surface area contributed by atoms with Gasteiger partial charge in [0.05, 0.1) is 41.5 Å². The fourth-order valence-electron chi connectivity index (χ4n) is 4.66. The minimum absolute atomic E-state index is 0.117. The molecule has 2 aromatic carbocycles. The van der Waals surface area contributed by atoms with Crippen molar-refractivity contribution in [3.05, 3.63) is 53.1 Å². The molecule has 0 atom stereocenters. The number of hydrogen-bond acceptors (Lipinski definition) is 9. The molecule has 0 saturated carbocycles. The van der Waals surface area contributed by atoms with E-state index in [-0.39, 0.29) is 37.1 Å². The molecule has 0 N–H and O–H groups in total. The van der Waals surface area contributed by atoms with Gasteiger partial charge in [-0.15, -0.1) is 0 Å². The number of fused-ring (bicyclic) bond motifs is 1. The van der Waals surface area contributed by atoms with Crippen LogP contribution in [0.2, 0.25) is 0 Å². The number of amides is 1. The van der Waals surface area contributed by atoms with E-state index in [9.17, 15) is 13.2 Å². The summed E-state index contributed by atoms with van der Waals surface area (Å²) in [5.41, 5.74) is 3.61. The van der Waals surface area contributed by atoms with Crippen LogP contribution in [-0.4, -0.2) is 108 Å². The van der Waals surface area contributed by atoms with Crippen LogP contribution in [-0.2, 0) is 24.2 Å². The number of methoxy groups -OCH3 is 2. The Balaban J connectivity index is 1.57. The van der Waals surface area contributed by atoms with Gasteiger partial charge >= 0.3 is 0 Å². The van der Waals surface area contributed by atoms with Crippen molar-refractivity contribution in [2.75, 3.05) is 84.8 Å². The number of nitrogens with zero attached hydrogens (tertiary/aromatic N) is 4. The molecule has 3 aromatic rings. The third kappa shape index (κ3) is 7.89. The van der Waals surface area contributed by atoms with Crippen molar-refractivity contribution in [2.45, 2.75) is 25.2 Å². The van der Waals surface area contributed by atoms with Gasteiger partial charge in [0.15, 0.2) is 5.13 Å². The van der Waals surface area contributed by atoms with Crippen LogP contribution in [0.25, 0.3) is 10.2 Å².